The third-order valence-electron chi connectivity index (χ3n) is 3.98. The molecule has 11 heteroatoms. The van der Waals surface area contributed by atoms with Gasteiger partial charge in [0, 0.05) is 5.56 Å². The van der Waals surface area contributed by atoms with Crippen molar-refractivity contribution in [1.82, 2.24) is 15.0 Å². The predicted molar refractivity (Wildman–Crippen MR) is 101 cm³/mol. The van der Waals surface area contributed by atoms with Gasteiger partial charge in [-0.25, -0.2) is 4.79 Å². The van der Waals surface area contributed by atoms with Crippen molar-refractivity contribution >= 4 is 17.5 Å². The van der Waals surface area contributed by atoms with Crippen LogP contribution in [0, 0.1) is 11.3 Å². The van der Waals surface area contributed by atoms with Crippen LogP contribution >= 0.6 is 11.3 Å². The maximum Gasteiger partial charge on any atom is 0.510 e. The van der Waals surface area contributed by atoms with Gasteiger partial charge in [0.2, 0.25) is 6.23 Å². The first-order valence-electron chi connectivity index (χ1n) is 8.68. The highest BCUT2D eigenvalue weighted by molar-refractivity contribution is 7.08. The summed E-state index contributed by atoms with van der Waals surface area (Å²) in [4.78, 5) is 12.4. The Balaban J connectivity index is 2.06. The van der Waals surface area contributed by atoms with Crippen LogP contribution in [0.15, 0.2) is 35.0 Å². The van der Waals surface area contributed by atoms with E-state index in [0.717, 1.165) is 16.9 Å². The number of rotatable bonds is 5. The van der Waals surface area contributed by atoms with Crippen LogP contribution in [0.3, 0.4) is 0 Å². The summed E-state index contributed by atoms with van der Waals surface area (Å²) in [5, 5.41) is 20.9. The Morgan fingerprint density at radius 3 is 2.60 bits per heavy atom. The molecule has 0 bridgehead atoms. The molecule has 1 atom stereocenters. The predicted octanol–water partition coefficient (Wildman–Crippen LogP) is 5.26. The molecule has 30 heavy (non-hydrogen) atoms. The van der Waals surface area contributed by atoms with Crippen LogP contribution in [0.2, 0.25) is 0 Å². The zero-order valence-electron chi connectivity index (χ0n) is 15.8. The number of carbonyl (C=O) groups is 1. The fraction of sp³-hybridized carbons (Fsp3) is 0.263. The van der Waals surface area contributed by atoms with Crippen molar-refractivity contribution in [2.45, 2.75) is 26.3 Å². The number of thiophene rings is 1. The molecule has 0 fully saturated rings. The summed E-state index contributed by atoms with van der Waals surface area (Å²) in [6, 6.07) is 6.95. The molecule has 0 radical (unpaired) electrons. The Bertz CT molecular complexity index is 1090. The van der Waals surface area contributed by atoms with Gasteiger partial charge in [0.25, 0.3) is 0 Å². The number of hydrogen-bond acceptors (Lipinski definition) is 7. The molecule has 7 nitrogen and oxygen atoms in total. The number of nitriles is 1. The summed E-state index contributed by atoms with van der Waals surface area (Å²) in [6.45, 7) is 3.13. The van der Waals surface area contributed by atoms with Crippen LogP contribution in [0.4, 0.5) is 18.0 Å². The van der Waals surface area contributed by atoms with Crippen molar-refractivity contribution in [2.75, 3.05) is 6.61 Å². The average molecular weight is 436 g/mol. The minimum Gasteiger partial charge on any atom is -0.435 e. The maximum absolute atomic E-state index is 13.5. The zero-order valence-corrected chi connectivity index (χ0v) is 16.6. The molecule has 0 spiro atoms. The molecular formula is C19H15F3N4O3S. The van der Waals surface area contributed by atoms with Gasteiger partial charge >= 0.3 is 12.3 Å². The quantitative estimate of drug-likeness (QED) is 0.507. The number of aromatic nitrogens is 3. The van der Waals surface area contributed by atoms with E-state index >= 15 is 0 Å². The SMILES string of the molecule is CCOC(=O)OC(C)n1nc(C#N)c(-c2cc(-c3ccsc3)cc(C(F)(F)F)c2)n1. The van der Waals surface area contributed by atoms with E-state index in [9.17, 15) is 23.2 Å². The summed E-state index contributed by atoms with van der Waals surface area (Å²) in [5.74, 6) is 0. The number of alkyl halides is 3. The van der Waals surface area contributed by atoms with Gasteiger partial charge in [-0.3, -0.25) is 0 Å². The molecule has 156 valence electrons. The number of carbonyl (C=O) groups excluding carboxylic acids is 1. The van der Waals surface area contributed by atoms with Gasteiger partial charge in [-0.05, 0) is 60.0 Å². The standard InChI is InChI=1S/C19H15F3N4O3S/c1-3-28-18(27)29-11(2)26-24-16(9-23)17(25-26)14-6-13(12-4-5-30-10-12)7-15(8-14)19(20,21)22/h4-8,10-11H,3H2,1-2H3. The second-order valence-corrected chi connectivity index (χ2v) is 6.82. The van der Waals surface area contributed by atoms with Crippen molar-refractivity contribution in [2.24, 2.45) is 0 Å². The molecule has 3 aromatic rings. The number of hydrogen-bond donors (Lipinski definition) is 0. The van der Waals surface area contributed by atoms with Crippen molar-refractivity contribution in [3.8, 4) is 28.5 Å². The first-order valence-corrected chi connectivity index (χ1v) is 9.62. The molecule has 0 aliphatic carbocycles. The lowest BCUT2D eigenvalue weighted by atomic mass is 9.99. The molecule has 0 aliphatic rings. The van der Waals surface area contributed by atoms with E-state index in [0.29, 0.717) is 11.1 Å². The molecule has 0 N–H and O–H groups in total. The van der Waals surface area contributed by atoms with Crippen molar-refractivity contribution in [1.29, 1.82) is 5.26 Å². The minimum atomic E-state index is -4.59. The van der Waals surface area contributed by atoms with Crippen LogP contribution in [-0.2, 0) is 15.7 Å². The smallest absolute Gasteiger partial charge is 0.435 e. The summed E-state index contributed by atoms with van der Waals surface area (Å²) in [5.41, 5.74) is -0.135. The molecule has 1 unspecified atom stereocenters. The lowest BCUT2D eigenvalue weighted by molar-refractivity contribution is -0.137. The van der Waals surface area contributed by atoms with E-state index in [2.05, 4.69) is 14.9 Å². The van der Waals surface area contributed by atoms with Crippen LogP contribution in [0.25, 0.3) is 22.4 Å². The van der Waals surface area contributed by atoms with Crippen LogP contribution in [0.1, 0.15) is 31.3 Å². The lowest BCUT2D eigenvalue weighted by Crippen LogP contribution is -2.18. The van der Waals surface area contributed by atoms with Crippen molar-refractivity contribution < 1.29 is 27.4 Å². The minimum absolute atomic E-state index is 0.0561. The summed E-state index contributed by atoms with van der Waals surface area (Å²) < 4.78 is 50.0. The molecule has 0 aliphatic heterocycles. The molecule has 0 saturated carbocycles. The van der Waals surface area contributed by atoms with Gasteiger partial charge in [0.05, 0.1) is 12.2 Å². The first kappa shape index (κ1) is 21.3. The number of nitrogens with zero attached hydrogens (tertiary/aromatic N) is 4. The third kappa shape index (κ3) is 4.60. The van der Waals surface area contributed by atoms with Gasteiger partial charge in [-0.1, -0.05) is 0 Å². The number of halogens is 3. The van der Waals surface area contributed by atoms with E-state index in [1.54, 1.807) is 23.8 Å². The number of ether oxygens (including phenoxy) is 2. The maximum atomic E-state index is 13.5. The topological polar surface area (TPSA) is 90.0 Å². The van der Waals surface area contributed by atoms with E-state index < -0.39 is 24.1 Å². The highest BCUT2D eigenvalue weighted by Crippen LogP contribution is 2.37. The molecular weight excluding hydrogens is 421 g/mol. The van der Waals surface area contributed by atoms with Gasteiger partial charge in [0.15, 0.2) is 5.69 Å². The Hall–Kier alpha value is -3.39. The van der Waals surface area contributed by atoms with Gasteiger partial charge in [-0.15, -0.1) is 15.0 Å². The summed E-state index contributed by atoms with van der Waals surface area (Å²) in [6.07, 6.45) is -6.59. The van der Waals surface area contributed by atoms with Gasteiger partial charge in [-0.2, -0.15) is 29.8 Å². The van der Waals surface area contributed by atoms with Crippen LogP contribution in [-0.4, -0.2) is 27.8 Å². The molecule has 0 saturated heterocycles. The average Bonchev–Trinajstić information content (AvgIpc) is 3.37. The fourth-order valence-electron chi connectivity index (χ4n) is 2.62. The molecule has 0 amide bonds. The highest BCUT2D eigenvalue weighted by Gasteiger charge is 2.32. The lowest BCUT2D eigenvalue weighted by Gasteiger charge is -2.12. The Kier molecular flexibility index (Phi) is 6.07. The van der Waals surface area contributed by atoms with E-state index in [4.69, 9.17) is 4.74 Å². The molecule has 2 aromatic heterocycles. The first-order chi connectivity index (χ1) is 14.2. The second-order valence-electron chi connectivity index (χ2n) is 6.04. The second kappa shape index (κ2) is 8.54. The summed E-state index contributed by atoms with van der Waals surface area (Å²) in [7, 11) is 0. The third-order valence-corrected chi connectivity index (χ3v) is 4.66. The van der Waals surface area contributed by atoms with Crippen molar-refractivity contribution in [3.63, 3.8) is 0 Å². The summed E-state index contributed by atoms with van der Waals surface area (Å²) >= 11 is 1.35. The Morgan fingerprint density at radius 2 is 2.00 bits per heavy atom. The van der Waals surface area contributed by atoms with E-state index in [-0.39, 0.29) is 23.6 Å². The molecule has 2 heterocycles. The normalized spacial score (nSPS) is 12.3. The zero-order chi connectivity index (χ0) is 21.9. The highest BCUT2D eigenvalue weighted by atomic mass is 32.1. The van der Waals surface area contributed by atoms with Gasteiger partial charge < -0.3 is 9.47 Å². The van der Waals surface area contributed by atoms with E-state index in [1.165, 1.54) is 24.3 Å². The fourth-order valence-corrected chi connectivity index (χ4v) is 3.28. The number of benzene rings is 1. The van der Waals surface area contributed by atoms with Crippen molar-refractivity contribution in [3.05, 3.63) is 46.3 Å². The van der Waals surface area contributed by atoms with Crippen LogP contribution in [0.5, 0.6) is 0 Å². The Labute approximate surface area is 173 Å². The molecule has 1 aromatic carbocycles. The molecule has 3 rings (SSSR count). The van der Waals surface area contributed by atoms with E-state index in [1.807, 2.05) is 6.07 Å². The van der Waals surface area contributed by atoms with Gasteiger partial charge in [0.1, 0.15) is 11.8 Å². The largest absolute Gasteiger partial charge is 0.510 e. The van der Waals surface area contributed by atoms with Crippen LogP contribution < -0.4 is 0 Å². The Morgan fingerprint density at radius 1 is 1.27 bits per heavy atom. The monoisotopic (exact) mass is 436 g/mol.